The van der Waals surface area contributed by atoms with Crippen molar-refractivity contribution in [3.63, 3.8) is 0 Å². The van der Waals surface area contributed by atoms with Gasteiger partial charge in [0.15, 0.2) is 5.11 Å². The molecule has 0 aliphatic rings. The molecule has 0 spiro atoms. The summed E-state index contributed by atoms with van der Waals surface area (Å²) in [7, 11) is 3.20. The molecule has 1 aromatic carbocycles. The van der Waals surface area contributed by atoms with Gasteiger partial charge in [0.05, 0.1) is 20.4 Å². The van der Waals surface area contributed by atoms with Crippen LogP contribution in [0.2, 0.25) is 0 Å². The van der Waals surface area contributed by atoms with Crippen molar-refractivity contribution in [1.82, 2.24) is 10.7 Å². The fourth-order valence-electron chi connectivity index (χ4n) is 1.27. The van der Waals surface area contributed by atoms with Crippen molar-refractivity contribution in [2.45, 2.75) is 0 Å². The minimum Gasteiger partial charge on any atom is -0.497 e. The summed E-state index contributed by atoms with van der Waals surface area (Å²) in [6.45, 7) is 4.17. The van der Waals surface area contributed by atoms with Crippen LogP contribution in [0.25, 0.3) is 0 Å². The number of thiocarbonyl (C=S) groups is 1. The minimum atomic E-state index is 0.436. The number of hydrogen-bond acceptors (Lipinski definition) is 4. The molecule has 0 atom stereocenters. The lowest BCUT2D eigenvalue weighted by atomic mass is 10.2. The van der Waals surface area contributed by atoms with Crippen molar-refractivity contribution in [1.29, 1.82) is 0 Å². The summed E-state index contributed by atoms with van der Waals surface area (Å²) in [5, 5.41) is 7.36. The van der Waals surface area contributed by atoms with Crippen LogP contribution in [0.15, 0.2) is 36.0 Å². The molecule has 1 aromatic rings. The van der Waals surface area contributed by atoms with Gasteiger partial charge in [-0.25, -0.2) is 0 Å². The summed E-state index contributed by atoms with van der Waals surface area (Å²) in [4.78, 5) is 0. The molecular weight excluding hydrogens is 262 g/mol. The average molecular weight is 279 g/mol. The van der Waals surface area contributed by atoms with Gasteiger partial charge in [0.2, 0.25) is 0 Å². The normalized spacial score (nSPS) is 10.0. The summed E-state index contributed by atoms with van der Waals surface area (Å²) in [6, 6.07) is 5.48. The number of hydrazone groups is 1. The molecule has 1 rings (SSSR count). The van der Waals surface area contributed by atoms with E-state index < -0.39 is 0 Å². The Morgan fingerprint density at radius 1 is 1.32 bits per heavy atom. The lowest BCUT2D eigenvalue weighted by molar-refractivity contribution is 0.394. The van der Waals surface area contributed by atoms with E-state index in [1.807, 2.05) is 12.1 Å². The summed E-state index contributed by atoms with van der Waals surface area (Å²) in [5.41, 5.74) is 3.54. The Hall–Kier alpha value is -2.08. The molecule has 0 aliphatic carbocycles. The number of nitrogens with zero attached hydrogens (tertiary/aromatic N) is 1. The highest BCUT2D eigenvalue weighted by molar-refractivity contribution is 7.80. The van der Waals surface area contributed by atoms with Crippen molar-refractivity contribution in [2.24, 2.45) is 5.10 Å². The van der Waals surface area contributed by atoms with Gasteiger partial charge in [-0.05, 0) is 24.4 Å². The molecule has 0 saturated carbocycles. The standard InChI is InChI=1S/C13H17N3O2S/c1-4-5-14-13(19)16-15-9-10-6-11(17-2)8-12(7-10)18-3/h4,6-9H,1,5H2,2-3H3,(H2,14,16,19)/b15-9+. The lowest BCUT2D eigenvalue weighted by Crippen LogP contribution is -2.31. The third kappa shape index (κ3) is 5.39. The van der Waals surface area contributed by atoms with Crippen LogP contribution in [0, 0.1) is 0 Å². The van der Waals surface area contributed by atoms with Gasteiger partial charge in [-0.2, -0.15) is 5.10 Å². The van der Waals surface area contributed by atoms with Gasteiger partial charge in [0.1, 0.15) is 11.5 Å². The van der Waals surface area contributed by atoms with E-state index in [0.717, 1.165) is 5.56 Å². The van der Waals surface area contributed by atoms with Crippen LogP contribution < -0.4 is 20.2 Å². The SMILES string of the molecule is C=CCNC(=S)N/N=C/c1cc(OC)cc(OC)c1. The van der Waals surface area contributed by atoms with E-state index in [0.29, 0.717) is 23.2 Å². The Bertz CT molecular complexity index is 453. The Balaban J connectivity index is 2.65. The maximum absolute atomic E-state index is 5.17. The van der Waals surface area contributed by atoms with E-state index in [1.54, 1.807) is 32.6 Å². The number of ether oxygens (including phenoxy) is 2. The van der Waals surface area contributed by atoms with Gasteiger partial charge in [-0.1, -0.05) is 6.08 Å². The molecule has 102 valence electrons. The van der Waals surface area contributed by atoms with Crippen LogP contribution in [0.5, 0.6) is 11.5 Å². The smallest absolute Gasteiger partial charge is 0.187 e. The number of hydrogen-bond donors (Lipinski definition) is 2. The molecule has 0 saturated heterocycles. The van der Waals surface area contributed by atoms with Crippen LogP contribution in [0.1, 0.15) is 5.56 Å². The Morgan fingerprint density at radius 3 is 2.47 bits per heavy atom. The van der Waals surface area contributed by atoms with Crippen LogP contribution in [-0.4, -0.2) is 32.1 Å². The van der Waals surface area contributed by atoms with Gasteiger partial charge < -0.3 is 14.8 Å². The van der Waals surface area contributed by atoms with Crippen LogP contribution in [0.3, 0.4) is 0 Å². The largest absolute Gasteiger partial charge is 0.497 e. The van der Waals surface area contributed by atoms with E-state index in [-0.39, 0.29) is 0 Å². The predicted octanol–water partition coefficient (Wildman–Crippen LogP) is 1.69. The fraction of sp³-hybridized carbons (Fsp3) is 0.231. The van der Waals surface area contributed by atoms with Gasteiger partial charge >= 0.3 is 0 Å². The Morgan fingerprint density at radius 2 is 1.95 bits per heavy atom. The van der Waals surface area contributed by atoms with Crippen molar-refractivity contribution >= 4 is 23.5 Å². The third-order valence-corrected chi connectivity index (χ3v) is 2.40. The first kappa shape index (κ1) is 15.0. The lowest BCUT2D eigenvalue weighted by Gasteiger charge is -2.06. The average Bonchev–Trinajstić information content (AvgIpc) is 2.44. The molecule has 19 heavy (non-hydrogen) atoms. The summed E-state index contributed by atoms with van der Waals surface area (Å²) in [5.74, 6) is 1.40. The zero-order valence-electron chi connectivity index (χ0n) is 11.0. The number of nitrogens with one attached hydrogen (secondary N) is 2. The Kier molecular flexibility index (Phi) is 6.38. The molecule has 2 N–H and O–H groups in total. The Labute approximate surface area is 118 Å². The molecule has 0 unspecified atom stereocenters. The van der Waals surface area contributed by atoms with Gasteiger partial charge in [0.25, 0.3) is 0 Å². The quantitative estimate of drug-likeness (QED) is 0.359. The van der Waals surface area contributed by atoms with E-state index >= 15 is 0 Å². The second-order valence-electron chi connectivity index (χ2n) is 3.51. The molecule has 0 aliphatic heterocycles. The molecule has 0 fully saturated rings. The van der Waals surface area contributed by atoms with Crippen molar-refractivity contribution in [2.75, 3.05) is 20.8 Å². The molecule has 0 aromatic heterocycles. The molecule has 0 heterocycles. The molecule has 0 radical (unpaired) electrons. The second kappa shape index (κ2) is 8.10. The third-order valence-electron chi connectivity index (χ3n) is 2.16. The molecule has 0 amide bonds. The molecule has 0 bridgehead atoms. The zero-order chi connectivity index (χ0) is 14.1. The highest BCUT2D eigenvalue weighted by atomic mass is 32.1. The summed E-state index contributed by atoms with van der Waals surface area (Å²) in [6.07, 6.45) is 3.34. The van der Waals surface area contributed by atoms with Gasteiger partial charge in [0, 0.05) is 18.2 Å². The maximum atomic E-state index is 5.17. The van der Waals surface area contributed by atoms with Crippen LogP contribution >= 0.6 is 12.2 Å². The first-order valence-electron chi connectivity index (χ1n) is 5.60. The van der Waals surface area contributed by atoms with Crippen LogP contribution in [-0.2, 0) is 0 Å². The highest BCUT2D eigenvalue weighted by Crippen LogP contribution is 2.21. The van der Waals surface area contributed by atoms with E-state index in [4.69, 9.17) is 21.7 Å². The van der Waals surface area contributed by atoms with Crippen molar-refractivity contribution in [3.05, 3.63) is 36.4 Å². The van der Waals surface area contributed by atoms with Gasteiger partial charge in [-0.15, -0.1) is 6.58 Å². The van der Waals surface area contributed by atoms with E-state index in [1.165, 1.54) is 0 Å². The van der Waals surface area contributed by atoms with Gasteiger partial charge in [-0.3, -0.25) is 5.43 Å². The topological polar surface area (TPSA) is 54.9 Å². The molecular formula is C13H17N3O2S. The highest BCUT2D eigenvalue weighted by Gasteiger charge is 1.99. The minimum absolute atomic E-state index is 0.436. The maximum Gasteiger partial charge on any atom is 0.187 e. The van der Waals surface area contributed by atoms with Crippen LogP contribution in [0.4, 0.5) is 0 Å². The summed E-state index contributed by atoms with van der Waals surface area (Å²) >= 11 is 5.00. The second-order valence-corrected chi connectivity index (χ2v) is 3.92. The monoisotopic (exact) mass is 279 g/mol. The number of rotatable bonds is 6. The van der Waals surface area contributed by atoms with E-state index in [2.05, 4.69) is 22.4 Å². The van der Waals surface area contributed by atoms with Crippen molar-refractivity contribution in [3.8, 4) is 11.5 Å². The van der Waals surface area contributed by atoms with Crippen molar-refractivity contribution < 1.29 is 9.47 Å². The first-order chi connectivity index (χ1) is 9.19. The fourth-order valence-corrected chi connectivity index (χ4v) is 1.41. The summed E-state index contributed by atoms with van der Waals surface area (Å²) < 4.78 is 10.3. The first-order valence-corrected chi connectivity index (χ1v) is 6.01. The predicted molar refractivity (Wildman–Crippen MR) is 81.1 cm³/mol. The zero-order valence-corrected chi connectivity index (χ0v) is 11.8. The number of methoxy groups -OCH3 is 2. The van der Waals surface area contributed by atoms with E-state index in [9.17, 15) is 0 Å². The molecule has 6 heteroatoms. The number of benzene rings is 1. The molecule has 5 nitrogen and oxygen atoms in total.